The van der Waals surface area contributed by atoms with Gasteiger partial charge in [-0.1, -0.05) is 6.58 Å². The van der Waals surface area contributed by atoms with E-state index in [0.717, 1.165) is 0 Å². The lowest BCUT2D eigenvalue weighted by Crippen LogP contribution is -2.45. The minimum Gasteiger partial charge on any atom is -0.459 e. The highest BCUT2D eigenvalue weighted by atomic mass is 19.4. The van der Waals surface area contributed by atoms with Crippen LogP contribution < -0.4 is 0 Å². The molecular weight excluding hydrogens is 445 g/mol. The number of hydrogen-bond acceptors (Lipinski definition) is 6. The Labute approximate surface area is 172 Å². The maximum atomic E-state index is 13.0. The number of ether oxygens (including phenoxy) is 3. The van der Waals surface area contributed by atoms with E-state index in [2.05, 4.69) is 16.1 Å². The second-order valence-electron chi connectivity index (χ2n) is 7.33. The van der Waals surface area contributed by atoms with Crippen molar-refractivity contribution in [3.8, 4) is 0 Å². The molecule has 0 radical (unpaired) electrons. The van der Waals surface area contributed by atoms with Crippen molar-refractivity contribution >= 4 is 17.9 Å². The molecule has 31 heavy (non-hydrogen) atoms. The standard InChI is InChI=1S/C18H21F7O6/c1-9(2)13(26)31-12-5-4-10(14(27)29-7-16(3,19)20)6-11(12)15(28)30-8-17(21,22)18(23,24)25/h10-12H,1,4-8H2,2-3H3. The van der Waals surface area contributed by atoms with Crippen LogP contribution in [0.15, 0.2) is 12.2 Å². The maximum Gasteiger partial charge on any atom is 0.456 e. The van der Waals surface area contributed by atoms with Crippen molar-refractivity contribution in [3.63, 3.8) is 0 Å². The Morgan fingerprint density at radius 2 is 1.48 bits per heavy atom. The highest BCUT2D eigenvalue weighted by Gasteiger charge is 2.58. The molecule has 0 N–H and O–H groups in total. The monoisotopic (exact) mass is 466 g/mol. The van der Waals surface area contributed by atoms with E-state index in [1.54, 1.807) is 0 Å². The summed E-state index contributed by atoms with van der Waals surface area (Å²) in [6, 6.07) is 0. The van der Waals surface area contributed by atoms with E-state index in [4.69, 9.17) is 4.74 Å². The summed E-state index contributed by atoms with van der Waals surface area (Å²) in [5.41, 5.74) is -0.0811. The van der Waals surface area contributed by atoms with Crippen LogP contribution in [-0.2, 0) is 28.6 Å². The average molecular weight is 466 g/mol. The van der Waals surface area contributed by atoms with Gasteiger partial charge in [-0.3, -0.25) is 9.59 Å². The van der Waals surface area contributed by atoms with Crippen LogP contribution in [0.4, 0.5) is 30.7 Å². The molecule has 178 valence electrons. The van der Waals surface area contributed by atoms with Crippen molar-refractivity contribution in [2.24, 2.45) is 11.8 Å². The summed E-state index contributed by atoms with van der Waals surface area (Å²) in [5, 5.41) is 0. The molecule has 3 unspecified atom stereocenters. The maximum absolute atomic E-state index is 13.0. The fourth-order valence-corrected chi connectivity index (χ4v) is 2.65. The molecule has 0 saturated heterocycles. The van der Waals surface area contributed by atoms with Crippen LogP contribution >= 0.6 is 0 Å². The zero-order valence-corrected chi connectivity index (χ0v) is 16.6. The van der Waals surface area contributed by atoms with Gasteiger partial charge < -0.3 is 14.2 Å². The predicted molar refractivity (Wildman–Crippen MR) is 89.1 cm³/mol. The van der Waals surface area contributed by atoms with Gasteiger partial charge in [0.15, 0.2) is 13.2 Å². The molecule has 0 amide bonds. The Hall–Kier alpha value is -2.34. The molecule has 0 spiro atoms. The van der Waals surface area contributed by atoms with E-state index >= 15 is 0 Å². The number of alkyl halides is 7. The van der Waals surface area contributed by atoms with E-state index in [1.807, 2.05) is 0 Å². The number of carbonyl (C=O) groups is 3. The van der Waals surface area contributed by atoms with Crippen molar-refractivity contribution in [1.29, 1.82) is 0 Å². The van der Waals surface area contributed by atoms with Gasteiger partial charge in [-0.25, -0.2) is 13.6 Å². The minimum absolute atomic E-state index is 0.0786. The van der Waals surface area contributed by atoms with Gasteiger partial charge in [-0.15, -0.1) is 0 Å². The smallest absolute Gasteiger partial charge is 0.456 e. The minimum atomic E-state index is -5.97. The molecule has 6 nitrogen and oxygen atoms in total. The van der Waals surface area contributed by atoms with Crippen LogP contribution in [0.25, 0.3) is 0 Å². The summed E-state index contributed by atoms with van der Waals surface area (Å²) >= 11 is 0. The van der Waals surface area contributed by atoms with Gasteiger partial charge in [0.25, 0.3) is 5.92 Å². The van der Waals surface area contributed by atoms with Gasteiger partial charge in [0.2, 0.25) is 0 Å². The summed E-state index contributed by atoms with van der Waals surface area (Å²) in [6.07, 6.45) is -8.09. The lowest BCUT2D eigenvalue weighted by molar-refractivity contribution is -0.294. The lowest BCUT2D eigenvalue weighted by Gasteiger charge is -2.33. The molecule has 1 aliphatic carbocycles. The lowest BCUT2D eigenvalue weighted by atomic mass is 9.79. The van der Waals surface area contributed by atoms with E-state index in [9.17, 15) is 45.1 Å². The van der Waals surface area contributed by atoms with Gasteiger partial charge >= 0.3 is 30.0 Å². The molecule has 0 aliphatic heterocycles. The van der Waals surface area contributed by atoms with E-state index in [0.29, 0.717) is 6.92 Å². The first-order chi connectivity index (χ1) is 13.9. The molecule has 0 heterocycles. The summed E-state index contributed by atoms with van der Waals surface area (Å²) in [6.45, 7) is 1.52. The Morgan fingerprint density at radius 3 is 1.97 bits per heavy atom. The van der Waals surface area contributed by atoms with Crippen molar-refractivity contribution in [3.05, 3.63) is 12.2 Å². The Balaban J connectivity index is 2.93. The first-order valence-corrected chi connectivity index (χ1v) is 8.97. The third-order valence-electron chi connectivity index (χ3n) is 4.31. The predicted octanol–water partition coefficient (Wildman–Crippen LogP) is 3.83. The van der Waals surface area contributed by atoms with Crippen LogP contribution in [0.2, 0.25) is 0 Å². The zero-order chi connectivity index (χ0) is 24.2. The molecule has 1 rings (SSSR count). The summed E-state index contributed by atoms with van der Waals surface area (Å²) in [4.78, 5) is 35.9. The Bertz CT molecular complexity index is 698. The van der Waals surface area contributed by atoms with Crippen molar-refractivity contribution in [2.45, 2.75) is 57.2 Å². The third kappa shape index (κ3) is 8.02. The molecule has 1 aliphatic rings. The number of hydrogen-bond donors (Lipinski definition) is 0. The van der Waals surface area contributed by atoms with Crippen molar-refractivity contribution in [2.75, 3.05) is 13.2 Å². The molecule has 0 aromatic heterocycles. The highest BCUT2D eigenvalue weighted by Crippen LogP contribution is 2.37. The zero-order valence-electron chi connectivity index (χ0n) is 16.6. The summed E-state index contributed by atoms with van der Waals surface area (Å²) in [7, 11) is 0. The molecule has 1 saturated carbocycles. The average Bonchev–Trinajstić information content (AvgIpc) is 2.62. The molecule has 3 atom stereocenters. The normalized spacial score (nSPS) is 22.4. The number of rotatable bonds is 8. The topological polar surface area (TPSA) is 78.9 Å². The van der Waals surface area contributed by atoms with Crippen LogP contribution in [0.5, 0.6) is 0 Å². The Kier molecular flexibility index (Phi) is 8.49. The quantitative estimate of drug-likeness (QED) is 0.234. The van der Waals surface area contributed by atoms with Gasteiger partial charge in [0.05, 0.1) is 11.8 Å². The van der Waals surface area contributed by atoms with Gasteiger partial charge in [-0.05, 0) is 26.2 Å². The molecule has 0 aromatic rings. The van der Waals surface area contributed by atoms with E-state index in [1.165, 1.54) is 6.92 Å². The first-order valence-electron chi connectivity index (χ1n) is 8.97. The number of halogens is 7. The third-order valence-corrected chi connectivity index (χ3v) is 4.31. The molecule has 1 fully saturated rings. The second kappa shape index (κ2) is 9.86. The first kappa shape index (κ1) is 26.7. The van der Waals surface area contributed by atoms with Crippen LogP contribution in [0.3, 0.4) is 0 Å². The second-order valence-corrected chi connectivity index (χ2v) is 7.33. The molecule has 13 heteroatoms. The van der Waals surface area contributed by atoms with Crippen molar-refractivity contribution in [1.82, 2.24) is 0 Å². The van der Waals surface area contributed by atoms with Gasteiger partial charge in [0, 0.05) is 12.5 Å². The summed E-state index contributed by atoms with van der Waals surface area (Å²) in [5.74, 6) is -15.1. The fourth-order valence-electron chi connectivity index (χ4n) is 2.65. The van der Waals surface area contributed by atoms with Crippen LogP contribution in [0.1, 0.15) is 33.1 Å². The van der Waals surface area contributed by atoms with Crippen LogP contribution in [-0.4, -0.2) is 55.2 Å². The highest BCUT2D eigenvalue weighted by molar-refractivity contribution is 5.87. The van der Waals surface area contributed by atoms with Gasteiger partial charge in [-0.2, -0.15) is 22.0 Å². The Morgan fingerprint density at radius 1 is 0.935 bits per heavy atom. The SMILES string of the molecule is C=C(C)C(=O)OC1CCC(C(=O)OCC(C)(F)F)CC1C(=O)OCC(F)(F)C(F)(F)F. The van der Waals surface area contributed by atoms with Gasteiger partial charge in [0.1, 0.15) is 6.10 Å². The fraction of sp³-hybridized carbons (Fsp3) is 0.722. The van der Waals surface area contributed by atoms with E-state index < -0.39 is 73.5 Å². The van der Waals surface area contributed by atoms with Crippen LogP contribution in [0, 0.1) is 11.8 Å². The van der Waals surface area contributed by atoms with E-state index in [-0.39, 0.29) is 18.4 Å². The number of carbonyl (C=O) groups excluding carboxylic acids is 3. The molecular formula is C18H21F7O6. The summed E-state index contributed by atoms with van der Waals surface area (Å²) < 4.78 is 102. The molecule has 0 aromatic carbocycles. The number of esters is 3. The largest absolute Gasteiger partial charge is 0.459 e. The van der Waals surface area contributed by atoms with Crippen molar-refractivity contribution < 1.29 is 59.3 Å². The molecule has 0 bridgehead atoms.